The fourth-order valence-electron chi connectivity index (χ4n) is 3.41. The van der Waals surface area contributed by atoms with E-state index >= 15 is 0 Å². The minimum absolute atomic E-state index is 0.0126. The molecular weight excluding hydrogens is 410 g/mol. The van der Waals surface area contributed by atoms with Crippen LogP contribution in [0.4, 0.5) is 5.69 Å². The third-order valence-corrected chi connectivity index (χ3v) is 5.15. The van der Waals surface area contributed by atoms with Crippen LogP contribution in [0.3, 0.4) is 0 Å². The van der Waals surface area contributed by atoms with E-state index in [9.17, 15) is 19.7 Å². The molecule has 0 aliphatic rings. The first-order chi connectivity index (χ1) is 15.5. The van der Waals surface area contributed by atoms with E-state index in [-0.39, 0.29) is 12.2 Å². The number of benzene rings is 1. The first kappa shape index (κ1) is 22.9. The molecule has 0 saturated carbocycles. The molecule has 0 bridgehead atoms. The van der Waals surface area contributed by atoms with E-state index in [0.29, 0.717) is 24.9 Å². The SMILES string of the molecule is CCCCn1c(C=Cc2cnn(-c3ccccc3)c2)c([N+](=O)[O-])c(=O)n(CCCC)c1=O. The molecule has 0 spiro atoms. The van der Waals surface area contributed by atoms with Gasteiger partial charge in [0.05, 0.1) is 16.8 Å². The van der Waals surface area contributed by atoms with Crippen molar-refractivity contribution in [1.29, 1.82) is 0 Å². The van der Waals surface area contributed by atoms with Gasteiger partial charge < -0.3 is 0 Å². The molecule has 3 aromatic rings. The topological polar surface area (TPSA) is 105 Å². The van der Waals surface area contributed by atoms with Crippen LogP contribution in [0.15, 0.2) is 52.3 Å². The van der Waals surface area contributed by atoms with E-state index in [4.69, 9.17) is 0 Å². The maximum atomic E-state index is 13.1. The minimum Gasteiger partial charge on any atom is -0.287 e. The summed E-state index contributed by atoms with van der Waals surface area (Å²) in [7, 11) is 0. The molecule has 3 rings (SSSR count). The van der Waals surface area contributed by atoms with Crippen molar-refractivity contribution in [2.45, 2.75) is 52.6 Å². The van der Waals surface area contributed by atoms with Gasteiger partial charge in [0.15, 0.2) is 0 Å². The average Bonchev–Trinajstić information content (AvgIpc) is 3.26. The number of rotatable bonds is 10. The zero-order valence-corrected chi connectivity index (χ0v) is 18.3. The molecule has 0 fully saturated rings. The highest BCUT2D eigenvalue weighted by Gasteiger charge is 2.26. The Morgan fingerprint density at radius 2 is 1.66 bits per heavy atom. The number of nitro groups is 1. The van der Waals surface area contributed by atoms with Crippen molar-refractivity contribution in [2.24, 2.45) is 0 Å². The van der Waals surface area contributed by atoms with Crippen LogP contribution in [0.2, 0.25) is 0 Å². The van der Waals surface area contributed by atoms with Crippen molar-refractivity contribution in [1.82, 2.24) is 18.9 Å². The molecule has 9 nitrogen and oxygen atoms in total. The van der Waals surface area contributed by atoms with Gasteiger partial charge in [-0.15, -0.1) is 0 Å². The largest absolute Gasteiger partial charge is 0.357 e. The number of hydrogen-bond acceptors (Lipinski definition) is 5. The van der Waals surface area contributed by atoms with Crippen molar-refractivity contribution >= 4 is 17.8 Å². The molecule has 0 aliphatic heterocycles. The van der Waals surface area contributed by atoms with Gasteiger partial charge in [0.25, 0.3) is 0 Å². The number of aromatic nitrogens is 4. The van der Waals surface area contributed by atoms with Crippen LogP contribution in [-0.2, 0) is 13.1 Å². The Morgan fingerprint density at radius 1 is 1.00 bits per heavy atom. The predicted octanol–water partition coefficient (Wildman–Crippen LogP) is 3.87. The second-order valence-electron chi connectivity index (χ2n) is 7.48. The second-order valence-corrected chi connectivity index (χ2v) is 7.48. The van der Waals surface area contributed by atoms with Gasteiger partial charge >= 0.3 is 16.9 Å². The van der Waals surface area contributed by atoms with E-state index in [1.165, 1.54) is 10.6 Å². The highest BCUT2D eigenvalue weighted by atomic mass is 16.6. The Hall–Kier alpha value is -3.75. The minimum atomic E-state index is -0.860. The van der Waals surface area contributed by atoms with Crippen molar-refractivity contribution in [2.75, 3.05) is 0 Å². The van der Waals surface area contributed by atoms with Crippen LogP contribution in [0.5, 0.6) is 0 Å². The molecule has 0 N–H and O–H groups in total. The van der Waals surface area contributed by atoms with E-state index in [0.717, 1.165) is 23.1 Å². The number of para-hydroxylation sites is 1. The lowest BCUT2D eigenvalue weighted by atomic mass is 10.2. The third kappa shape index (κ3) is 4.93. The molecule has 0 saturated heterocycles. The summed E-state index contributed by atoms with van der Waals surface area (Å²) < 4.78 is 4.01. The fourth-order valence-corrected chi connectivity index (χ4v) is 3.41. The van der Waals surface area contributed by atoms with E-state index in [2.05, 4.69) is 5.10 Å². The maximum Gasteiger partial charge on any atom is 0.357 e. The molecule has 168 valence electrons. The second kappa shape index (κ2) is 10.5. The molecule has 2 heterocycles. The van der Waals surface area contributed by atoms with Crippen molar-refractivity contribution in [3.05, 3.63) is 84.9 Å². The molecule has 0 radical (unpaired) electrons. The van der Waals surface area contributed by atoms with Crippen LogP contribution < -0.4 is 11.2 Å². The van der Waals surface area contributed by atoms with Gasteiger partial charge in [0, 0.05) is 24.8 Å². The third-order valence-electron chi connectivity index (χ3n) is 5.15. The van der Waals surface area contributed by atoms with E-state index in [1.54, 1.807) is 23.2 Å². The quantitative estimate of drug-likeness (QED) is 0.354. The molecule has 32 heavy (non-hydrogen) atoms. The standard InChI is InChI=1S/C23H27N5O4/c1-3-5-14-25-20(21(28(31)32)22(29)26(23(25)30)15-6-4-2)13-12-18-16-24-27(17-18)19-10-8-7-9-11-19/h7-13,16-17H,3-6,14-15H2,1-2H3. The Labute approximate surface area is 185 Å². The highest BCUT2D eigenvalue weighted by Crippen LogP contribution is 2.17. The van der Waals surface area contributed by atoms with Gasteiger partial charge in [-0.2, -0.15) is 5.10 Å². The molecule has 0 unspecified atom stereocenters. The fraction of sp³-hybridized carbons (Fsp3) is 0.348. The smallest absolute Gasteiger partial charge is 0.287 e. The zero-order valence-electron chi connectivity index (χ0n) is 18.3. The first-order valence-electron chi connectivity index (χ1n) is 10.8. The Kier molecular flexibility index (Phi) is 7.54. The van der Waals surface area contributed by atoms with Gasteiger partial charge in [-0.3, -0.25) is 24.0 Å². The maximum absolute atomic E-state index is 13.1. The molecule has 0 atom stereocenters. The molecule has 0 aliphatic carbocycles. The summed E-state index contributed by atoms with van der Waals surface area (Å²) in [5.74, 6) is 0. The highest BCUT2D eigenvalue weighted by molar-refractivity contribution is 5.71. The molecule has 0 amide bonds. The van der Waals surface area contributed by atoms with E-state index in [1.807, 2.05) is 44.2 Å². The number of nitrogens with zero attached hydrogens (tertiary/aromatic N) is 5. The van der Waals surface area contributed by atoms with Crippen LogP contribution in [0.1, 0.15) is 50.8 Å². The monoisotopic (exact) mass is 437 g/mol. The lowest BCUT2D eigenvalue weighted by molar-refractivity contribution is -0.387. The predicted molar refractivity (Wildman–Crippen MR) is 124 cm³/mol. The van der Waals surface area contributed by atoms with Crippen molar-refractivity contribution < 1.29 is 4.92 Å². The molecule has 1 aromatic carbocycles. The normalized spacial score (nSPS) is 11.3. The average molecular weight is 438 g/mol. The summed E-state index contributed by atoms with van der Waals surface area (Å²) in [5, 5.41) is 16.1. The lowest BCUT2D eigenvalue weighted by Crippen LogP contribution is -2.42. The van der Waals surface area contributed by atoms with Crippen LogP contribution >= 0.6 is 0 Å². The van der Waals surface area contributed by atoms with Crippen LogP contribution in [0.25, 0.3) is 17.8 Å². The van der Waals surface area contributed by atoms with Crippen molar-refractivity contribution in [3.63, 3.8) is 0 Å². The van der Waals surface area contributed by atoms with Gasteiger partial charge in [0.2, 0.25) is 0 Å². The van der Waals surface area contributed by atoms with Gasteiger partial charge in [0.1, 0.15) is 5.69 Å². The summed E-state index contributed by atoms with van der Waals surface area (Å²) >= 11 is 0. The summed E-state index contributed by atoms with van der Waals surface area (Å²) in [4.78, 5) is 37.0. The van der Waals surface area contributed by atoms with Crippen molar-refractivity contribution in [3.8, 4) is 5.69 Å². The summed E-state index contributed by atoms with van der Waals surface area (Å²) in [6.45, 7) is 4.36. The van der Waals surface area contributed by atoms with Gasteiger partial charge in [-0.1, -0.05) is 44.9 Å². The van der Waals surface area contributed by atoms with Crippen LogP contribution in [-0.4, -0.2) is 23.8 Å². The Balaban J connectivity index is 2.10. The zero-order chi connectivity index (χ0) is 23.1. The lowest BCUT2D eigenvalue weighted by Gasteiger charge is -2.13. The van der Waals surface area contributed by atoms with Crippen LogP contribution in [0, 0.1) is 10.1 Å². The van der Waals surface area contributed by atoms with Gasteiger partial charge in [-0.05, 0) is 37.1 Å². The number of hydrogen-bond donors (Lipinski definition) is 0. The summed E-state index contributed by atoms with van der Waals surface area (Å²) in [6, 6.07) is 9.52. The van der Waals surface area contributed by atoms with Gasteiger partial charge in [-0.25, -0.2) is 9.48 Å². The summed E-state index contributed by atoms with van der Waals surface area (Å²) in [6.07, 6.45) is 9.31. The molecule has 2 aromatic heterocycles. The molecule has 9 heteroatoms. The summed E-state index contributed by atoms with van der Waals surface area (Å²) in [5.41, 5.74) is -0.380. The first-order valence-corrected chi connectivity index (χ1v) is 10.8. The Bertz CT molecular complexity index is 1220. The van der Waals surface area contributed by atoms with E-state index < -0.39 is 21.9 Å². The Morgan fingerprint density at radius 3 is 2.28 bits per heavy atom. The number of unbranched alkanes of at least 4 members (excludes halogenated alkanes) is 2. The molecular formula is C23H27N5O4.